The molecule has 1 aromatic rings. The molecule has 5 heteroatoms. The molecule has 0 saturated heterocycles. The molecule has 0 atom stereocenters. The molecule has 0 radical (unpaired) electrons. The van der Waals surface area contributed by atoms with Crippen LogP contribution in [-0.2, 0) is 10.3 Å². The minimum Gasteiger partial charge on any atom is -0.383 e. The first-order valence-corrected chi connectivity index (χ1v) is 7.91. The van der Waals surface area contributed by atoms with Crippen molar-refractivity contribution in [2.24, 2.45) is 0 Å². The Hall–Kier alpha value is -0.390. The van der Waals surface area contributed by atoms with Crippen molar-refractivity contribution in [2.45, 2.75) is 31.2 Å². The molecule has 0 N–H and O–H groups in total. The SMILES string of the molecule is COCCN1C(=O)c2cc(Br)sc2C12CCCC2. The quantitative estimate of drug-likeness (QED) is 0.850. The van der Waals surface area contributed by atoms with Crippen molar-refractivity contribution in [3.05, 3.63) is 20.3 Å². The van der Waals surface area contributed by atoms with E-state index >= 15 is 0 Å². The fourth-order valence-corrected chi connectivity index (χ4v) is 5.13. The van der Waals surface area contributed by atoms with Crippen molar-refractivity contribution < 1.29 is 9.53 Å². The van der Waals surface area contributed by atoms with Crippen molar-refractivity contribution in [1.29, 1.82) is 0 Å². The van der Waals surface area contributed by atoms with Gasteiger partial charge in [0.05, 0.1) is 21.5 Å². The second-order valence-electron chi connectivity index (χ2n) is 4.98. The number of hydrogen-bond donors (Lipinski definition) is 0. The number of carbonyl (C=O) groups is 1. The van der Waals surface area contributed by atoms with Crippen molar-refractivity contribution in [3.8, 4) is 0 Å². The van der Waals surface area contributed by atoms with Crippen molar-refractivity contribution in [2.75, 3.05) is 20.3 Å². The second kappa shape index (κ2) is 4.62. The molecular formula is C13H16BrNO2S. The molecule has 3 nitrogen and oxygen atoms in total. The van der Waals surface area contributed by atoms with Crippen LogP contribution in [0.2, 0.25) is 0 Å². The van der Waals surface area contributed by atoms with E-state index in [1.54, 1.807) is 18.4 Å². The molecule has 1 aliphatic heterocycles. The minimum absolute atomic E-state index is 0.0262. The number of fused-ring (bicyclic) bond motifs is 2. The highest BCUT2D eigenvalue weighted by Gasteiger charge is 2.52. The number of nitrogens with zero attached hydrogens (tertiary/aromatic N) is 1. The smallest absolute Gasteiger partial charge is 0.255 e. The highest BCUT2D eigenvalue weighted by Crippen LogP contribution is 2.53. The fraction of sp³-hybridized carbons (Fsp3) is 0.615. The van der Waals surface area contributed by atoms with E-state index in [0.717, 1.165) is 22.2 Å². The summed E-state index contributed by atoms with van der Waals surface area (Å²) < 4.78 is 6.22. The number of ether oxygens (including phenoxy) is 1. The molecule has 1 fully saturated rings. The van der Waals surface area contributed by atoms with E-state index in [4.69, 9.17) is 4.74 Å². The van der Waals surface area contributed by atoms with Gasteiger partial charge >= 0.3 is 0 Å². The van der Waals surface area contributed by atoms with Crippen LogP contribution in [0.4, 0.5) is 0 Å². The average Bonchev–Trinajstić information content (AvgIpc) is 3.00. The standard InChI is InChI=1S/C13H16BrNO2S/c1-17-7-6-15-12(16)9-8-10(14)18-11(9)13(15)4-2-3-5-13/h8H,2-7H2,1H3. The maximum Gasteiger partial charge on any atom is 0.255 e. The third-order valence-electron chi connectivity index (χ3n) is 4.07. The predicted octanol–water partition coefficient (Wildman–Crippen LogP) is 3.38. The van der Waals surface area contributed by atoms with E-state index in [9.17, 15) is 4.79 Å². The molecular weight excluding hydrogens is 314 g/mol. The van der Waals surface area contributed by atoms with Gasteiger partial charge in [0.15, 0.2) is 0 Å². The Morgan fingerprint density at radius 1 is 1.50 bits per heavy atom. The fourth-order valence-electron chi connectivity index (χ4n) is 3.28. The lowest BCUT2D eigenvalue weighted by Crippen LogP contribution is -2.43. The first-order valence-electron chi connectivity index (χ1n) is 6.30. The van der Waals surface area contributed by atoms with Gasteiger partial charge in [0, 0.05) is 18.5 Å². The van der Waals surface area contributed by atoms with Crippen molar-refractivity contribution in [3.63, 3.8) is 0 Å². The van der Waals surface area contributed by atoms with Gasteiger partial charge in [-0.25, -0.2) is 0 Å². The Labute approximate surface area is 119 Å². The van der Waals surface area contributed by atoms with Gasteiger partial charge in [0.2, 0.25) is 0 Å². The summed E-state index contributed by atoms with van der Waals surface area (Å²) >= 11 is 5.24. The van der Waals surface area contributed by atoms with E-state index in [1.807, 2.05) is 6.07 Å². The summed E-state index contributed by atoms with van der Waals surface area (Å²) in [6.45, 7) is 1.32. The summed E-state index contributed by atoms with van der Waals surface area (Å²) in [6.07, 6.45) is 4.63. The molecule has 2 aliphatic rings. The van der Waals surface area contributed by atoms with Gasteiger partial charge in [-0.15, -0.1) is 11.3 Å². The van der Waals surface area contributed by atoms with Crippen LogP contribution in [0.3, 0.4) is 0 Å². The van der Waals surface area contributed by atoms with Crippen LogP contribution in [0, 0.1) is 0 Å². The minimum atomic E-state index is -0.0262. The molecule has 1 spiro atoms. The second-order valence-corrected chi connectivity index (χ2v) is 7.41. The number of thiophene rings is 1. The topological polar surface area (TPSA) is 29.5 Å². The monoisotopic (exact) mass is 329 g/mol. The van der Waals surface area contributed by atoms with Crippen LogP contribution in [0.15, 0.2) is 9.85 Å². The predicted molar refractivity (Wildman–Crippen MR) is 75.1 cm³/mol. The Morgan fingerprint density at radius 3 is 2.89 bits per heavy atom. The van der Waals surface area contributed by atoms with Gasteiger partial charge in [-0.2, -0.15) is 0 Å². The first-order chi connectivity index (χ1) is 8.69. The summed E-state index contributed by atoms with van der Waals surface area (Å²) in [5.41, 5.74) is 0.881. The molecule has 3 rings (SSSR count). The lowest BCUT2D eigenvalue weighted by Gasteiger charge is -2.35. The van der Waals surface area contributed by atoms with Crippen molar-refractivity contribution >= 4 is 33.2 Å². The summed E-state index contributed by atoms with van der Waals surface area (Å²) in [6, 6.07) is 1.98. The van der Waals surface area contributed by atoms with Gasteiger partial charge < -0.3 is 9.64 Å². The molecule has 1 aromatic heterocycles. The van der Waals surface area contributed by atoms with Gasteiger partial charge in [-0.3, -0.25) is 4.79 Å². The van der Waals surface area contributed by atoms with Crippen LogP contribution in [0.25, 0.3) is 0 Å². The van der Waals surface area contributed by atoms with E-state index in [1.165, 1.54) is 17.7 Å². The third-order valence-corrected chi connectivity index (χ3v) is 5.90. The van der Waals surface area contributed by atoms with Gasteiger partial charge in [0.25, 0.3) is 5.91 Å². The Kier molecular flexibility index (Phi) is 3.24. The maximum atomic E-state index is 12.5. The summed E-state index contributed by atoms with van der Waals surface area (Å²) in [5, 5.41) is 0. The van der Waals surface area contributed by atoms with Gasteiger partial charge in [0.1, 0.15) is 0 Å². The highest BCUT2D eigenvalue weighted by atomic mass is 79.9. The third kappa shape index (κ3) is 1.67. The molecule has 0 unspecified atom stereocenters. The van der Waals surface area contributed by atoms with Gasteiger partial charge in [-0.05, 0) is 34.8 Å². The van der Waals surface area contributed by atoms with E-state index < -0.39 is 0 Å². The number of methoxy groups -OCH3 is 1. The summed E-state index contributed by atoms with van der Waals surface area (Å²) in [4.78, 5) is 15.9. The zero-order valence-electron chi connectivity index (χ0n) is 10.4. The van der Waals surface area contributed by atoms with Crippen molar-refractivity contribution in [1.82, 2.24) is 4.90 Å². The summed E-state index contributed by atoms with van der Waals surface area (Å²) in [5.74, 6) is 0.186. The Bertz CT molecular complexity index is 479. The number of rotatable bonds is 3. The Balaban J connectivity index is 2.02. The lowest BCUT2D eigenvalue weighted by molar-refractivity contribution is 0.0456. The molecule has 18 heavy (non-hydrogen) atoms. The maximum absolute atomic E-state index is 12.5. The van der Waals surface area contributed by atoms with Crippen LogP contribution < -0.4 is 0 Å². The zero-order chi connectivity index (χ0) is 12.8. The number of hydrogen-bond acceptors (Lipinski definition) is 3. The molecule has 1 amide bonds. The molecule has 1 aliphatic carbocycles. The van der Waals surface area contributed by atoms with E-state index in [0.29, 0.717) is 13.2 Å². The first kappa shape index (κ1) is 12.6. The van der Waals surface area contributed by atoms with E-state index in [-0.39, 0.29) is 11.4 Å². The van der Waals surface area contributed by atoms with Crippen LogP contribution in [-0.4, -0.2) is 31.1 Å². The summed E-state index contributed by atoms with van der Waals surface area (Å²) in [7, 11) is 1.69. The van der Waals surface area contributed by atoms with E-state index in [2.05, 4.69) is 20.8 Å². The average molecular weight is 330 g/mol. The number of halogens is 1. The van der Waals surface area contributed by atoms with Crippen LogP contribution in [0.5, 0.6) is 0 Å². The van der Waals surface area contributed by atoms with Crippen LogP contribution >= 0.6 is 27.3 Å². The molecule has 1 saturated carbocycles. The van der Waals surface area contributed by atoms with Crippen LogP contribution in [0.1, 0.15) is 40.9 Å². The molecule has 0 aromatic carbocycles. The highest BCUT2D eigenvalue weighted by molar-refractivity contribution is 9.11. The molecule has 98 valence electrons. The van der Waals surface area contributed by atoms with Gasteiger partial charge in [-0.1, -0.05) is 12.8 Å². The lowest BCUT2D eigenvalue weighted by atomic mass is 9.95. The normalized spacial score (nSPS) is 21.0. The number of amides is 1. The molecule has 2 heterocycles. The Morgan fingerprint density at radius 2 is 2.22 bits per heavy atom. The number of carbonyl (C=O) groups excluding carboxylic acids is 1. The zero-order valence-corrected chi connectivity index (χ0v) is 12.8. The molecule has 0 bridgehead atoms. The largest absolute Gasteiger partial charge is 0.383 e.